The third-order valence-corrected chi connectivity index (χ3v) is 3.31. The van der Waals surface area contributed by atoms with Crippen molar-refractivity contribution in [2.75, 3.05) is 20.3 Å². The van der Waals surface area contributed by atoms with Crippen LogP contribution in [0, 0.1) is 0 Å². The van der Waals surface area contributed by atoms with Crippen molar-refractivity contribution in [1.29, 1.82) is 0 Å². The third kappa shape index (κ3) is 2.02. The number of halogens is 1. The van der Waals surface area contributed by atoms with Gasteiger partial charge in [0.1, 0.15) is 11.4 Å². The fourth-order valence-electron chi connectivity index (χ4n) is 1.74. The molecule has 2 rings (SSSR count). The molecule has 1 aliphatic heterocycles. The normalized spacial score (nSPS) is 25.5. The Morgan fingerprint density at radius 3 is 2.87 bits per heavy atom. The maximum Gasteiger partial charge on any atom is 0.133 e. The van der Waals surface area contributed by atoms with Crippen LogP contribution >= 0.6 is 15.9 Å². The number of aliphatic hydroxyl groups is 1. The summed E-state index contributed by atoms with van der Waals surface area (Å²) in [5, 5.41) is 10.3. The van der Waals surface area contributed by atoms with Crippen LogP contribution in [0.2, 0.25) is 0 Å². The molecule has 0 saturated carbocycles. The van der Waals surface area contributed by atoms with Crippen molar-refractivity contribution in [2.24, 2.45) is 0 Å². The summed E-state index contributed by atoms with van der Waals surface area (Å²) in [6.07, 6.45) is 0.645. The summed E-state index contributed by atoms with van der Waals surface area (Å²) in [4.78, 5) is 0. The second-order valence-corrected chi connectivity index (χ2v) is 4.54. The van der Waals surface area contributed by atoms with Gasteiger partial charge in [0.15, 0.2) is 0 Å². The van der Waals surface area contributed by atoms with Crippen LogP contribution in [0.4, 0.5) is 0 Å². The van der Waals surface area contributed by atoms with Crippen molar-refractivity contribution in [2.45, 2.75) is 12.0 Å². The number of hydrogen-bond acceptors (Lipinski definition) is 3. The molecule has 82 valence electrons. The first-order valence-corrected chi connectivity index (χ1v) is 5.59. The van der Waals surface area contributed by atoms with Crippen LogP contribution in [0.25, 0.3) is 0 Å². The van der Waals surface area contributed by atoms with Gasteiger partial charge in [0.2, 0.25) is 0 Å². The average Bonchev–Trinajstić information content (AvgIpc) is 2.66. The first-order chi connectivity index (χ1) is 7.15. The van der Waals surface area contributed by atoms with Crippen molar-refractivity contribution < 1.29 is 14.6 Å². The van der Waals surface area contributed by atoms with E-state index >= 15 is 0 Å². The molecule has 15 heavy (non-hydrogen) atoms. The minimum atomic E-state index is -0.839. The van der Waals surface area contributed by atoms with Crippen molar-refractivity contribution in [1.82, 2.24) is 0 Å². The smallest absolute Gasteiger partial charge is 0.133 e. The highest BCUT2D eigenvalue weighted by atomic mass is 79.9. The van der Waals surface area contributed by atoms with Crippen LogP contribution in [0.5, 0.6) is 5.75 Å². The van der Waals surface area contributed by atoms with E-state index < -0.39 is 5.60 Å². The Hall–Kier alpha value is -0.580. The summed E-state index contributed by atoms with van der Waals surface area (Å²) in [6, 6.07) is 5.60. The topological polar surface area (TPSA) is 38.7 Å². The Balaban J connectivity index is 2.33. The lowest BCUT2D eigenvalue weighted by molar-refractivity contribution is 0.0231. The Morgan fingerprint density at radius 2 is 2.33 bits per heavy atom. The predicted molar refractivity (Wildman–Crippen MR) is 60.0 cm³/mol. The van der Waals surface area contributed by atoms with Gasteiger partial charge in [-0.1, -0.05) is 6.07 Å². The van der Waals surface area contributed by atoms with E-state index in [0.29, 0.717) is 19.6 Å². The summed E-state index contributed by atoms with van der Waals surface area (Å²) < 4.78 is 11.2. The highest BCUT2D eigenvalue weighted by Gasteiger charge is 2.34. The lowest BCUT2D eigenvalue weighted by atomic mass is 9.93. The summed E-state index contributed by atoms with van der Waals surface area (Å²) in [5.41, 5.74) is 0.0297. The summed E-state index contributed by atoms with van der Waals surface area (Å²) in [5.74, 6) is 0.765. The number of benzene rings is 1. The zero-order chi connectivity index (χ0) is 10.9. The fourth-order valence-corrected chi connectivity index (χ4v) is 2.28. The summed E-state index contributed by atoms with van der Waals surface area (Å²) in [7, 11) is 1.62. The molecule has 0 aliphatic carbocycles. The molecule has 1 fully saturated rings. The molecule has 0 aromatic heterocycles. The summed E-state index contributed by atoms with van der Waals surface area (Å²) >= 11 is 3.40. The van der Waals surface area contributed by atoms with Crippen molar-refractivity contribution in [3.63, 3.8) is 0 Å². The molecule has 1 aromatic rings. The number of hydrogen-bond donors (Lipinski definition) is 1. The lowest BCUT2D eigenvalue weighted by Gasteiger charge is -2.21. The number of methoxy groups -OCH3 is 1. The number of ether oxygens (including phenoxy) is 2. The maximum absolute atomic E-state index is 10.3. The van der Waals surface area contributed by atoms with E-state index in [1.54, 1.807) is 7.11 Å². The molecule has 0 radical (unpaired) electrons. The van der Waals surface area contributed by atoms with Gasteiger partial charge in [0.05, 0.1) is 18.2 Å². The fraction of sp³-hybridized carbons (Fsp3) is 0.455. The van der Waals surface area contributed by atoms with Gasteiger partial charge in [0, 0.05) is 13.0 Å². The van der Waals surface area contributed by atoms with Crippen LogP contribution in [0.3, 0.4) is 0 Å². The van der Waals surface area contributed by atoms with E-state index in [-0.39, 0.29) is 0 Å². The van der Waals surface area contributed by atoms with E-state index in [0.717, 1.165) is 15.8 Å². The SMILES string of the molecule is COc1ccc(C2(O)CCOC2)cc1Br. The highest BCUT2D eigenvalue weighted by molar-refractivity contribution is 9.10. The van der Waals surface area contributed by atoms with Gasteiger partial charge in [0.25, 0.3) is 0 Å². The van der Waals surface area contributed by atoms with E-state index in [2.05, 4.69) is 15.9 Å². The van der Waals surface area contributed by atoms with Gasteiger partial charge in [-0.15, -0.1) is 0 Å². The van der Waals surface area contributed by atoms with Crippen LogP contribution in [-0.2, 0) is 10.3 Å². The van der Waals surface area contributed by atoms with Gasteiger partial charge >= 0.3 is 0 Å². The van der Waals surface area contributed by atoms with E-state index in [1.165, 1.54) is 0 Å². The second kappa shape index (κ2) is 4.12. The molecule has 1 heterocycles. The maximum atomic E-state index is 10.3. The highest BCUT2D eigenvalue weighted by Crippen LogP contribution is 2.34. The molecule has 1 saturated heterocycles. The Morgan fingerprint density at radius 1 is 1.53 bits per heavy atom. The van der Waals surface area contributed by atoms with Gasteiger partial charge in [-0.2, -0.15) is 0 Å². The molecular formula is C11H13BrO3. The van der Waals surface area contributed by atoms with Crippen molar-refractivity contribution >= 4 is 15.9 Å². The zero-order valence-corrected chi connectivity index (χ0v) is 10.1. The molecule has 3 nitrogen and oxygen atoms in total. The predicted octanol–water partition coefficient (Wildman–Crippen LogP) is 2.07. The molecule has 1 unspecified atom stereocenters. The first kappa shape index (κ1) is 10.9. The Kier molecular flexibility index (Phi) is 3.00. The molecule has 1 N–H and O–H groups in total. The monoisotopic (exact) mass is 272 g/mol. The van der Waals surface area contributed by atoms with Gasteiger partial charge < -0.3 is 14.6 Å². The Labute approximate surface area is 97.1 Å². The molecule has 0 bridgehead atoms. The van der Waals surface area contributed by atoms with E-state index in [4.69, 9.17) is 9.47 Å². The zero-order valence-electron chi connectivity index (χ0n) is 8.50. The third-order valence-electron chi connectivity index (χ3n) is 2.69. The average molecular weight is 273 g/mol. The molecule has 1 aliphatic rings. The first-order valence-electron chi connectivity index (χ1n) is 4.80. The van der Waals surface area contributed by atoms with Crippen molar-refractivity contribution in [3.8, 4) is 5.75 Å². The van der Waals surface area contributed by atoms with E-state index in [9.17, 15) is 5.11 Å². The van der Waals surface area contributed by atoms with Crippen LogP contribution in [0.1, 0.15) is 12.0 Å². The molecular weight excluding hydrogens is 260 g/mol. The molecule has 0 amide bonds. The van der Waals surface area contributed by atoms with Crippen LogP contribution < -0.4 is 4.74 Å². The number of rotatable bonds is 2. The quantitative estimate of drug-likeness (QED) is 0.896. The van der Waals surface area contributed by atoms with Crippen LogP contribution in [-0.4, -0.2) is 25.4 Å². The second-order valence-electron chi connectivity index (χ2n) is 3.68. The van der Waals surface area contributed by atoms with Crippen molar-refractivity contribution in [3.05, 3.63) is 28.2 Å². The van der Waals surface area contributed by atoms with Gasteiger partial charge in [-0.25, -0.2) is 0 Å². The molecule has 1 aromatic carbocycles. The van der Waals surface area contributed by atoms with Gasteiger partial charge in [-0.05, 0) is 33.6 Å². The molecule has 1 atom stereocenters. The Bertz CT molecular complexity index is 359. The minimum absolute atomic E-state index is 0.367. The standard InChI is InChI=1S/C11H13BrO3/c1-14-10-3-2-8(6-9(10)12)11(13)4-5-15-7-11/h2-3,6,13H,4-5,7H2,1H3. The molecule has 4 heteroatoms. The van der Waals surface area contributed by atoms with E-state index in [1.807, 2.05) is 18.2 Å². The molecule has 0 spiro atoms. The van der Waals surface area contributed by atoms with Gasteiger partial charge in [-0.3, -0.25) is 0 Å². The lowest BCUT2D eigenvalue weighted by Crippen LogP contribution is -2.25. The summed E-state index contributed by atoms with van der Waals surface area (Å²) in [6.45, 7) is 0.978. The largest absolute Gasteiger partial charge is 0.496 e. The minimum Gasteiger partial charge on any atom is -0.496 e. The van der Waals surface area contributed by atoms with Crippen LogP contribution in [0.15, 0.2) is 22.7 Å².